The first-order valence-corrected chi connectivity index (χ1v) is 23.0. The van der Waals surface area contributed by atoms with E-state index < -0.39 is 34.3 Å². The number of carbonyl (C=O) groups is 5. The molecule has 3 N–H and O–H groups in total. The molecule has 0 spiro atoms. The third kappa shape index (κ3) is 6.06. The quantitative estimate of drug-likeness (QED) is 0.222. The van der Waals surface area contributed by atoms with E-state index in [9.17, 15) is 29.1 Å². The van der Waals surface area contributed by atoms with E-state index >= 15 is 0 Å². The number of allylic oxidation sites excluding steroid dienone is 1. The maximum absolute atomic E-state index is 14.6. The second kappa shape index (κ2) is 13.9. The summed E-state index contributed by atoms with van der Waals surface area (Å²) in [7, 11) is 0. The lowest BCUT2D eigenvalue weighted by molar-refractivity contribution is -0.235. The number of carbonyl (C=O) groups excluding carboxylic acids is 4. The van der Waals surface area contributed by atoms with Crippen molar-refractivity contribution >= 4 is 41.1 Å². The lowest BCUT2D eigenvalue weighted by Crippen LogP contribution is -2.70. The fourth-order valence-corrected chi connectivity index (χ4v) is 15.2. The minimum Gasteiger partial charge on any atom is -0.481 e. The van der Waals surface area contributed by atoms with Crippen LogP contribution in [0.5, 0.6) is 0 Å². The van der Waals surface area contributed by atoms with Crippen LogP contribution in [0.3, 0.4) is 0 Å². The molecule has 10 heteroatoms. The molecule has 0 saturated heterocycles. The molecule has 8 rings (SSSR count). The Labute approximate surface area is 356 Å². The third-order valence-corrected chi connectivity index (χ3v) is 19.2. The number of carboxylic acids is 1. The van der Waals surface area contributed by atoms with Crippen LogP contribution in [-0.4, -0.2) is 51.8 Å². The number of hydrogen-bond donors (Lipinski definition) is 3. The second-order valence-electron chi connectivity index (χ2n) is 22.4. The fraction of sp³-hybridized carbons (Fsp3) is 0.735. The number of halogens is 1. The molecular weight excluding hydrogens is 764 g/mol. The van der Waals surface area contributed by atoms with Gasteiger partial charge in [-0.15, -0.1) is 0 Å². The number of hydrogen-bond acceptors (Lipinski definition) is 6. The average Bonchev–Trinajstić information content (AvgIpc) is 3.42. The van der Waals surface area contributed by atoms with Crippen LogP contribution in [0.25, 0.3) is 0 Å². The van der Waals surface area contributed by atoms with Crippen molar-refractivity contribution in [2.24, 2.45) is 62.6 Å². The normalized spacial score (nSPS) is 39.9. The van der Waals surface area contributed by atoms with Crippen LogP contribution in [0.4, 0.5) is 0 Å². The van der Waals surface area contributed by atoms with Crippen molar-refractivity contribution in [3.8, 4) is 0 Å². The number of benzene rings is 1. The summed E-state index contributed by atoms with van der Waals surface area (Å²) in [6.45, 7) is 20.1. The summed E-state index contributed by atoms with van der Waals surface area (Å²) in [6.07, 6.45) is 9.74. The van der Waals surface area contributed by atoms with Crippen molar-refractivity contribution in [2.75, 3.05) is 0 Å². The minimum atomic E-state index is -1.02. The van der Waals surface area contributed by atoms with Crippen molar-refractivity contribution in [1.82, 2.24) is 10.6 Å². The standard InChI is InChI=1S/C49H67ClN2O7/c1-27(2)37-33(53)26-49(52-42(58)48(19-10-20-48)51-39(54)28-11-13-29(50)14-12-28)24-23-46(8)30(38(37)49)15-16-35-45(7)21-18-36(44(5,6)34(45)17-22-47(35,46)9)59-41(57)32-25-31(40(55)56)43(32,3)4/h11-14,27,30-32,34-36H,10,15-26H2,1-9H3,(H,51,54)(H,52,58)(H,55,56)/t30-,31+,32-,34?,35-,36+,45+,46-,47-,49-/m1/s1. The molecule has 59 heavy (non-hydrogen) atoms. The van der Waals surface area contributed by atoms with E-state index in [1.54, 1.807) is 24.3 Å². The smallest absolute Gasteiger partial charge is 0.309 e. The Morgan fingerprint density at radius 2 is 1.46 bits per heavy atom. The lowest BCUT2D eigenvalue weighted by Gasteiger charge is -2.72. The zero-order valence-corrected chi connectivity index (χ0v) is 37.6. The Kier molecular flexibility index (Phi) is 10.0. The topological polar surface area (TPSA) is 139 Å². The van der Waals surface area contributed by atoms with Crippen molar-refractivity contribution in [2.45, 2.75) is 163 Å². The van der Waals surface area contributed by atoms with Crippen molar-refractivity contribution in [3.05, 3.63) is 46.0 Å². The highest BCUT2D eigenvalue weighted by atomic mass is 35.5. The van der Waals surface area contributed by atoms with Gasteiger partial charge in [-0.25, -0.2) is 0 Å². The molecular formula is C49H67ClN2O7. The van der Waals surface area contributed by atoms with Crippen molar-refractivity contribution in [1.29, 1.82) is 0 Å². The third-order valence-electron chi connectivity index (χ3n) is 18.9. The molecule has 1 aromatic carbocycles. The fourth-order valence-electron chi connectivity index (χ4n) is 15.1. The van der Waals surface area contributed by atoms with Crippen LogP contribution < -0.4 is 10.6 Å². The van der Waals surface area contributed by atoms with Gasteiger partial charge in [-0.2, -0.15) is 0 Å². The zero-order chi connectivity index (χ0) is 42.9. The van der Waals surface area contributed by atoms with E-state index in [4.69, 9.17) is 16.3 Å². The number of fused-ring (bicyclic) bond motifs is 7. The number of rotatable bonds is 8. The summed E-state index contributed by atoms with van der Waals surface area (Å²) in [4.78, 5) is 67.8. The van der Waals surface area contributed by atoms with Gasteiger partial charge in [0.25, 0.3) is 5.91 Å². The highest BCUT2D eigenvalue weighted by Crippen LogP contribution is 2.76. The summed E-state index contributed by atoms with van der Waals surface area (Å²) in [6, 6.07) is 6.71. The molecule has 1 aromatic rings. The van der Waals surface area contributed by atoms with Crippen LogP contribution >= 0.6 is 11.6 Å². The van der Waals surface area contributed by atoms with E-state index in [0.717, 1.165) is 56.9 Å². The maximum Gasteiger partial charge on any atom is 0.309 e. The Hall–Kier alpha value is -3.20. The number of carboxylic acid groups (broad SMARTS) is 1. The minimum absolute atomic E-state index is 0.0127. The molecule has 0 heterocycles. The number of Topliss-reactive ketones (excluding diaryl/α,β-unsaturated/α-hetero) is 1. The predicted molar refractivity (Wildman–Crippen MR) is 226 cm³/mol. The molecule has 0 aromatic heterocycles. The zero-order valence-electron chi connectivity index (χ0n) is 36.8. The lowest BCUT2D eigenvalue weighted by atomic mass is 9.33. The van der Waals surface area contributed by atoms with Gasteiger partial charge in [-0.3, -0.25) is 24.0 Å². The predicted octanol–water partition coefficient (Wildman–Crippen LogP) is 9.50. The molecule has 7 aliphatic rings. The Bertz CT molecular complexity index is 2000. The van der Waals surface area contributed by atoms with Crippen LogP contribution in [0.15, 0.2) is 35.4 Å². The molecule has 10 atom stereocenters. The van der Waals surface area contributed by atoms with Crippen LogP contribution in [0.2, 0.25) is 5.02 Å². The van der Waals surface area contributed by atoms with Gasteiger partial charge in [0, 0.05) is 22.4 Å². The molecule has 6 fully saturated rings. The van der Waals surface area contributed by atoms with E-state index in [1.807, 2.05) is 13.8 Å². The summed E-state index contributed by atoms with van der Waals surface area (Å²) >= 11 is 6.09. The van der Waals surface area contributed by atoms with Gasteiger partial charge < -0.3 is 20.5 Å². The largest absolute Gasteiger partial charge is 0.481 e. The number of aliphatic carboxylic acids is 1. The highest BCUT2D eigenvalue weighted by molar-refractivity contribution is 6.30. The van der Waals surface area contributed by atoms with Gasteiger partial charge in [-0.05, 0) is 158 Å². The van der Waals surface area contributed by atoms with E-state index in [0.29, 0.717) is 48.1 Å². The first-order chi connectivity index (χ1) is 27.5. The number of amides is 2. The monoisotopic (exact) mass is 830 g/mol. The second-order valence-corrected chi connectivity index (χ2v) is 22.9. The molecule has 0 radical (unpaired) electrons. The Balaban J connectivity index is 1.05. The molecule has 0 bridgehead atoms. The van der Waals surface area contributed by atoms with Crippen LogP contribution in [0, 0.1) is 62.6 Å². The number of ketones is 1. The molecule has 322 valence electrons. The van der Waals surface area contributed by atoms with Gasteiger partial charge in [0.15, 0.2) is 5.78 Å². The first kappa shape index (κ1) is 42.5. The van der Waals surface area contributed by atoms with Crippen LogP contribution in [0.1, 0.15) is 156 Å². The van der Waals surface area contributed by atoms with E-state index in [-0.39, 0.29) is 69.6 Å². The average molecular weight is 832 g/mol. The van der Waals surface area contributed by atoms with Gasteiger partial charge in [0.1, 0.15) is 11.6 Å². The summed E-state index contributed by atoms with van der Waals surface area (Å²) < 4.78 is 6.42. The molecule has 0 aliphatic heterocycles. The van der Waals surface area contributed by atoms with Gasteiger partial charge in [0.2, 0.25) is 5.91 Å². The van der Waals surface area contributed by atoms with Gasteiger partial charge in [0.05, 0.1) is 17.4 Å². The van der Waals surface area contributed by atoms with Crippen molar-refractivity contribution < 1.29 is 33.8 Å². The SMILES string of the molecule is CC(C)C1=C2[C@H]3CC[C@@H]4[C@@]5(C)CC[C@H](OC(=O)[C@H]6C[C@@H](C(=O)O)C6(C)C)C(C)(C)C5CC[C@@]4(C)[C@]3(C)CC[C@@]2(NC(=O)C2(NC(=O)c3ccc(Cl)cc3)CCC2)CC1=O. The molecule has 7 aliphatic carbocycles. The van der Waals surface area contributed by atoms with Gasteiger partial charge in [-0.1, -0.05) is 73.9 Å². The Morgan fingerprint density at radius 1 is 0.780 bits per heavy atom. The van der Waals surface area contributed by atoms with Crippen molar-refractivity contribution in [3.63, 3.8) is 0 Å². The number of ether oxygens (including phenoxy) is 1. The summed E-state index contributed by atoms with van der Waals surface area (Å²) in [5, 5.41) is 16.9. The van der Waals surface area contributed by atoms with Gasteiger partial charge >= 0.3 is 11.9 Å². The summed E-state index contributed by atoms with van der Waals surface area (Å²) in [5.41, 5.74) is -0.211. The molecule has 6 saturated carbocycles. The number of nitrogens with one attached hydrogen (secondary N) is 2. The van der Waals surface area contributed by atoms with E-state index in [1.165, 1.54) is 5.57 Å². The van der Waals surface area contributed by atoms with E-state index in [2.05, 4.69) is 59.1 Å². The summed E-state index contributed by atoms with van der Waals surface area (Å²) in [5.74, 6) is -1.38. The van der Waals surface area contributed by atoms with Crippen LogP contribution in [-0.2, 0) is 23.9 Å². The number of esters is 1. The Morgan fingerprint density at radius 3 is 2.05 bits per heavy atom. The first-order valence-electron chi connectivity index (χ1n) is 22.6. The molecule has 9 nitrogen and oxygen atoms in total. The maximum atomic E-state index is 14.6. The molecule has 2 amide bonds. The molecule has 1 unspecified atom stereocenters. The highest BCUT2D eigenvalue weighted by Gasteiger charge is 2.71.